The van der Waals surface area contributed by atoms with Gasteiger partial charge in [0.15, 0.2) is 0 Å². The van der Waals surface area contributed by atoms with Crippen LogP contribution in [0.1, 0.15) is 70.5 Å². The van der Waals surface area contributed by atoms with E-state index in [9.17, 15) is 19.2 Å². The molecule has 2 aliphatic heterocycles. The number of esters is 1. The maximum atomic E-state index is 13.9. The highest BCUT2D eigenvalue weighted by molar-refractivity contribution is 5.90. The standard InChI is InChI=1S/C33H41N5O5/c1-33(2,3)43-29(39)22-38-28(24-13-8-5-9-14-24)16-10-15-26(30(38)40)34-31(41)36-19-17-25(18-20-36)37-21-27(35-32(37)42)23-11-6-4-7-12-23/h4-9,11-14,21,25-26,28H,10,15-20,22H2,1-3H3,(H,34,41)(H,35,42)/t26-,28-/m0/s1. The number of ether oxygens (including phenoxy) is 1. The summed E-state index contributed by atoms with van der Waals surface area (Å²) in [6, 6.07) is 18.0. The van der Waals surface area contributed by atoms with Gasteiger partial charge in [0.2, 0.25) is 5.91 Å². The van der Waals surface area contributed by atoms with Crippen LogP contribution >= 0.6 is 0 Å². The number of hydrogen-bond acceptors (Lipinski definition) is 5. The predicted octanol–water partition coefficient (Wildman–Crippen LogP) is 4.65. The zero-order chi connectivity index (χ0) is 30.6. The lowest BCUT2D eigenvalue weighted by Crippen LogP contribution is -2.54. The van der Waals surface area contributed by atoms with Crippen LogP contribution in [0.15, 0.2) is 71.7 Å². The number of hydrogen-bond donors (Lipinski definition) is 2. The lowest BCUT2D eigenvalue weighted by atomic mass is 10.0. The van der Waals surface area contributed by atoms with Crippen LogP contribution in [-0.4, -0.2) is 68.5 Å². The average molecular weight is 588 g/mol. The van der Waals surface area contributed by atoms with Crippen LogP contribution in [0.25, 0.3) is 11.3 Å². The van der Waals surface area contributed by atoms with E-state index >= 15 is 0 Å². The van der Waals surface area contributed by atoms with Gasteiger partial charge in [-0.3, -0.25) is 14.2 Å². The Hall–Kier alpha value is -4.34. The van der Waals surface area contributed by atoms with Gasteiger partial charge in [-0.15, -0.1) is 0 Å². The van der Waals surface area contributed by atoms with Crippen molar-refractivity contribution in [2.75, 3.05) is 19.6 Å². The number of rotatable bonds is 6. The fourth-order valence-electron chi connectivity index (χ4n) is 6.04. The molecule has 0 saturated carbocycles. The van der Waals surface area contributed by atoms with Gasteiger partial charge in [0.05, 0.1) is 11.7 Å². The molecule has 2 saturated heterocycles. The van der Waals surface area contributed by atoms with Crippen LogP contribution < -0.4 is 11.0 Å². The molecule has 0 bridgehead atoms. The number of benzene rings is 2. The van der Waals surface area contributed by atoms with Crippen molar-refractivity contribution in [2.24, 2.45) is 0 Å². The topological polar surface area (TPSA) is 117 Å². The first kappa shape index (κ1) is 30.1. The summed E-state index contributed by atoms with van der Waals surface area (Å²) in [4.78, 5) is 59.0. The van der Waals surface area contributed by atoms with Gasteiger partial charge >= 0.3 is 17.7 Å². The van der Waals surface area contributed by atoms with Crippen molar-refractivity contribution >= 4 is 17.9 Å². The van der Waals surface area contributed by atoms with Crippen LogP contribution in [0, 0.1) is 0 Å². The monoisotopic (exact) mass is 587 g/mol. The van der Waals surface area contributed by atoms with E-state index in [1.807, 2.05) is 66.9 Å². The predicted molar refractivity (Wildman–Crippen MR) is 163 cm³/mol. The number of H-pyrrole nitrogens is 1. The number of carbonyl (C=O) groups is 3. The summed E-state index contributed by atoms with van der Waals surface area (Å²) < 4.78 is 7.28. The first-order valence-electron chi connectivity index (χ1n) is 15.1. The molecule has 10 nitrogen and oxygen atoms in total. The Morgan fingerprint density at radius 1 is 0.930 bits per heavy atom. The molecule has 3 amide bonds. The minimum Gasteiger partial charge on any atom is -0.459 e. The van der Waals surface area contributed by atoms with E-state index in [1.54, 1.807) is 35.1 Å². The molecular weight excluding hydrogens is 546 g/mol. The fraction of sp³-hybridized carbons (Fsp3) is 0.455. The molecule has 3 heterocycles. The summed E-state index contributed by atoms with van der Waals surface area (Å²) in [5.41, 5.74) is 1.82. The quantitative estimate of drug-likeness (QED) is 0.407. The molecule has 1 aromatic heterocycles. The van der Waals surface area contributed by atoms with E-state index in [0.717, 1.165) is 16.8 Å². The van der Waals surface area contributed by atoms with E-state index in [1.165, 1.54) is 0 Å². The number of urea groups is 1. The molecule has 3 aromatic rings. The first-order chi connectivity index (χ1) is 20.6. The van der Waals surface area contributed by atoms with Gasteiger partial charge in [-0.2, -0.15) is 0 Å². The number of carbonyl (C=O) groups excluding carboxylic acids is 3. The summed E-state index contributed by atoms with van der Waals surface area (Å²) in [5, 5.41) is 2.96. The molecule has 0 aliphatic carbocycles. The number of nitrogens with zero attached hydrogens (tertiary/aromatic N) is 3. The highest BCUT2D eigenvalue weighted by atomic mass is 16.6. The van der Waals surface area contributed by atoms with Gasteiger partial charge in [0.1, 0.15) is 18.2 Å². The van der Waals surface area contributed by atoms with Crippen LogP contribution in [0.5, 0.6) is 0 Å². The minimum absolute atomic E-state index is 0.0271. The second-order valence-corrected chi connectivity index (χ2v) is 12.4. The molecule has 2 atom stereocenters. The first-order valence-corrected chi connectivity index (χ1v) is 15.1. The Kier molecular flexibility index (Phi) is 9.03. The van der Waals surface area contributed by atoms with Crippen LogP contribution in [0.4, 0.5) is 4.79 Å². The molecule has 0 unspecified atom stereocenters. The third-order valence-corrected chi connectivity index (χ3v) is 8.10. The highest BCUT2D eigenvalue weighted by Gasteiger charge is 2.37. The molecule has 2 aromatic carbocycles. The summed E-state index contributed by atoms with van der Waals surface area (Å²) in [5.74, 6) is -0.765. The third-order valence-electron chi connectivity index (χ3n) is 8.10. The zero-order valence-electron chi connectivity index (χ0n) is 25.1. The highest BCUT2D eigenvalue weighted by Crippen LogP contribution is 2.31. The number of nitrogens with one attached hydrogen (secondary N) is 2. The Morgan fingerprint density at radius 2 is 1.58 bits per heavy atom. The number of piperidine rings is 1. The number of likely N-dealkylation sites (tertiary alicyclic amines) is 2. The summed E-state index contributed by atoms with van der Waals surface area (Å²) in [6.45, 7) is 6.12. The molecule has 2 fully saturated rings. The van der Waals surface area contributed by atoms with E-state index in [4.69, 9.17) is 4.74 Å². The number of amides is 3. The van der Waals surface area contributed by atoms with Crippen molar-refractivity contribution in [3.63, 3.8) is 0 Å². The van der Waals surface area contributed by atoms with E-state index < -0.39 is 17.6 Å². The number of aromatic amines is 1. The summed E-state index contributed by atoms with van der Waals surface area (Å²) in [6.07, 6.45) is 4.97. The normalized spacial score (nSPS) is 20.0. The largest absolute Gasteiger partial charge is 0.459 e. The van der Waals surface area contributed by atoms with Crippen LogP contribution in [0.2, 0.25) is 0 Å². The molecule has 10 heteroatoms. The molecule has 0 spiro atoms. The van der Waals surface area contributed by atoms with Gasteiger partial charge in [0.25, 0.3) is 0 Å². The second kappa shape index (κ2) is 12.9. The zero-order valence-corrected chi connectivity index (χ0v) is 25.1. The van der Waals surface area contributed by atoms with Crippen LogP contribution in [0.3, 0.4) is 0 Å². The molecule has 5 rings (SSSR count). The second-order valence-electron chi connectivity index (χ2n) is 12.4. The smallest absolute Gasteiger partial charge is 0.326 e. The lowest BCUT2D eigenvalue weighted by Gasteiger charge is -2.35. The SMILES string of the molecule is CC(C)(C)OC(=O)CN1C(=O)[C@@H](NC(=O)N2CCC(n3cc(-c4ccccc4)[nH]c3=O)CC2)CCC[C@H]1c1ccccc1. The van der Waals surface area contributed by atoms with Gasteiger partial charge < -0.3 is 24.8 Å². The lowest BCUT2D eigenvalue weighted by molar-refractivity contribution is -0.160. The fourth-order valence-corrected chi connectivity index (χ4v) is 6.04. The maximum Gasteiger partial charge on any atom is 0.326 e. The van der Waals surface area contributed by atoms with E-state index in [-0.39, 0.29) is 36.3 Å². The van der Waals surface area contributed by atoms with Crippen molar-refractivity contribution in [3.8, 4) is 11.3 Å². The van der Waals surface area contributed by atoms with Gasteiger partial charge in [0, 0.05) is 25.3 Å². The van der Waals surface area contributed by atoms with Crippen molar-refractivity contribution in [3.05, 3.63) is 82.9 Å². The van der Waals surface area contributed by atoms with Crippen molar-refractivity contribution < 1.29 is 19.1 Å². The van der Waals surface area contributed by atoms with E-state index in [0.29, 0.717) is 45.2 Å². The number of aromatic nitrogens is 2. The Balaban J connectivity index is 1.24. The molecule has 43 heavy (non-hydrogen) atoms. The van der Waals surface area contributed by atoms with Gasteiger partial charge in [-0.05, 0) is 64.0 Å². The van der Waals surface area contributed by atoms with Crippen molar-refractivity contribution in [1.29, 1.82) is 0 Å². The average Bonchev–Trinajstić information content (AvgIpc) is 3.32. The van der Waals surface area contributed by atoms with E-state index in [2.05, 4.69) is 10.3 Å². The molecule has 228 valence electrons. The maximum absolute atomic E-state index is 13.9. The number of imidazole rings is 1. The molecule has 0 radical (unpaired) electrons. The third kappa shape index (κ3) is 7.36. The van der Waals surface area contributed by atoms with Crippen molar-refractivity contribution in [2.45, 2.75) is 76.6 Å². The minimum atomic E-state index is -0.748. The summed E-state index contributed by atoms with van der Waals surface area (Å²) in [7, 11) is 0. The Labute approximate surface area is 252 Å². The van der Waals surface area contributed by atoms with Gasteiger partial charge in [-0.25, -0.2) is 9.59 Å². The molecule has 2 N–H and O–H groups in total. The molecular formula is C33H41N5O5. The summed E-state index contributed by atoms with van der Waals surface area (Å²) >= 11 is 0. The molecule has 2 aliphatic rings. The van der Waals surface area contributed by atoms with Gasteiger partial charge in [-0.1, -0.05) is 60.7 Å². The van der Waals surface area contributed by atoms with Crippen LogP contribution in [-0.2, 0) is 14.3 Å². The Bertz CT molecular complexity index is 1470. The van der Waals surface area contributed by atoms with Crippen molar-refractivity contribution in [1.82, 2.24) is 24.7 Å². The Morgan fingerprint density at radius 3 is 2.23 bits per heavy atom.